The molecule has 7 nitrogen and oxygen atoms in total. The van der Waals surface area contributed by atoms with Crippen LogP contribution in [0.1, 0.15) is 22.8 Å². The van der Waals surface area contributed by atoms with Crippen molar-refractivity contribution in [1.82, 2.24) is 10.2 Å². The highest BCUT2D eigenvalue weighted by Gasteiger charge is 2.49. The Bertz CT molecular complexity index is 944. The Morgan fingerprint density at radius 2 is 1.71 bits per heavy atom. The second-order valence-electron chi connectivity index (χ2n) is 6.45. The van der Waals surface area contributed by atoms with Crippen LogP contribution in [0.3, 0.4) is 0 Å². The van der Waals surface area contributed by atoms with Crippen LogP contribution in [0.4, 0.5) is 9.18 Å². The zero-order valence-electron chi connectivity index (χ0n) is 15.6. The minimum absolute atomic E-state index is 0.210. The van der Waals surface area contributed by atoms with Crippen LogP contribution in [0.15, 0.2) is 42.5 Å². The van der Waals surface area contributed by atoms with E-state index in [4.69, 9.17) is 9.47 Å². The van der Waals surface area contributed by atoms with Crippen molar-refractivity contribution in [1.29, 1.82) is 0 Å². The topological polar surface area (TPSA) is 84.9 Å². The molecule has 1 aliphatic heterocycles. The van der Waals surface area contributed by atoms with Crippen molar-refractivity contribution < 1.29 is 28.2 Å². The summed E-state index contributed by atoms with van der Waals surface area (Å²) in [7, 11) is 2.96. The molecule has 3 amide bonds. The average Bonchev–Trinajstić information content (AvgIpc) is 2.91. The van der Waals surface area contributed by atoms with Gasteiger partial charge in [0.05, 0.1) is 20.8 Å². The molecule has 1 atom stereocenters. The summed E-state index contributed by atoms with van der Waals surface area (Å²) in [5, 5.41) is 2.63. The Labute approximate surface area is 161 Å². The largest absolute Gasteiger partial charge is 0.493 e. The SMILES string of the molecule is COc1ccc([C@@]2(C)NC(=O)N(CC(=O)c3ccc(F)cc3)C2=O)cc1OC. The highest BCUT2D eigenvalue weighted by molar-refractivity contribution is 6.11. The first-order chi connectivity index (χ1) is 13.3. The number of imide groups is 1. The lowest BCUT2D eigenvalue weighted by Gasteiger charge is -2.23. The van der Waals surface area contributed by atoms with E-state index in [0.29, 0.717) is 17.1 Å². The first-order valence-corrected chi connectivity index (χ1v) is 8.45. The van der Waals surface area contributed by atoms with E-state index in [1.165, 1.54) is 26.4 Å². The summed E-state index contributed by atoms with van der Waals surface area (Å²) in [6.07, 6.45) is 0. The fourth-order valence-electron chi connectivity index (χ4n) is 3.05. The molecule has 1 N–H and O–H groups in total. The molecule has 0 radical (unpaired) electrons. The van der Waals surface area contributed by atoms with Crippen LogP contribution < -0.4 is 14.8 Å². The van der Waals surface area contributed by atoms with E-state index < -0.39 is 35.6 Å². The van der Waals surface area contributed by atoms with Gasteiger partial charge < -0.3 is 14.8 Å². The number of urea groups is 1. The summed E-state index contributed by atoms with van der Waals surface area (Å²) in [5.74, 6) is -0.633. The van der Waals surface area contributed by atoms with Crippen LogP contribution in [0.2, 0.25) is 0 Å². The molecule has 3 rings (SSSR count). The Hall–Kier alpha value is -3.42. The van der Waals surface area contributed by atoms with Crippen LogP contribution in [0, 0.1) is 5.82 Å². The number of rotatable bonds is 6. The number of nitrogens with zero attached hydrogens (tertiary/aromatic N) is 1. The molecule has 0 saturated carbocycles. The van der Waals surface area contributed by atoms with Crippen LogP contribution in [-0.2, 0) is 10.3 Å². The standard InChI is InChI=1S/C20H19FN2O5/c1-20(13-6-9-16(27-2)17(10-13)28-3)18(25)23(19(26)22-20)11-15(24)12-4-7-14(21)8-5-12/h4-10H,11H2,1-3H3,(H,22,26)/t20-/m1/s1. The molecule has 1 saturated heterocycles. The zero-order chi connectivity index (χ0) is 20.5. The summed E-state index contributed by atoms with van der Waals surface area (Å²) < 4.78 is 23.5. The summed E-state index contributed by atoms with van der Waals surface area (Å²) in [5.41, 5.74) is -0.665. The molecule has 2 aromatic rings. The van der Waals surface area contributed by atoms with Crippen molar-refractivity contribution in [3.63, 3.8) is 0 Å². The lowest BCUT2D eigenvalue weighted by molar-refractivity contribution is -0.130. The number of carbonyl (C=O) groups is 3. The Morgan fingerprint density at radius 3 is 2.32 bits per heavy atom. The van der Waals surface area contributed by atoms with Gasteiger partial charge in [-0.05, 0) is 48.9 Å². The number of nitrogens with one attached hydrogen (secondary N) is 1. The molecule has 0 aromatic heterocycles. The van der Waals surface area contributed by atoms with Crippen LogP contribution >= 0.6 is 0 Å². The van der Waals surface area contributed by atoms with Gasteiger partial charge in [0.15, 0.2) is 17.3 Å². The van der Waals surface area contributed by atoms with Crippen LogP contribution in [-0.4, -0.2) is 43.4 Å². The number of benzene rings is 2. The molecular formula is C20H19FN2O5. The Kier molecular flexibility index (Phi) is 5.04. The maximum absolute atomic E-state index is 13.0. The van der Waals surface area contributed by atoms with E-state index in [1.807, 2.05) is 0 Å². The molecule has 2 aromatic carbocycles. The molecule has 146 valence electrons. The van der Waals surface area contributed by atoms with Gasteiger partial charge in [-0.2, -0.15) is 0 Å². The number of amides is 3. The highest BCUT2D eigenvalue weighted by atomic mass is 19.1. The van der Waals surface area contributed by atoms with E-state index in [-0.39, 0.29) is 5.56 Å². The van der Waals surface area contributed by atoms with Gasteiger partial charge in [-0.1, -0.05) is 6.07 Å². The minimum atomic E-state index is -1.36. The van der Waals surface area contributed by atoms with Gasteiger partial charge >= 0.3 is 6.03 Å². The van der Waals surface area contributed by atoms with Gasteiger partial charge in [0.2, 0.25) is 0 Å². The van der Waals surface area contributed by atoms with Gasteiger partial charge in [0.25, 0.3) is 5.91 Å². The third-order valence-corrected chi connectivity index (χ3v) is 4.70. The smallest absolute Gasteiger partial charge is 0.325 e. The van der Waals surface area contributed by atoms with Crippen molar-refractivity contribution in [2.45, 2.75) is 12.5 Å². The predicted octanol–water partition coefficient (Wildman–Crippen LogP) is 2.49. The van der Waals surface area contributed by atoms with Crippen LogP contribution in [0.5, 0.6) is 11.5 Å². The van der Waals surface area contributed by atoms with E-state index in [2.05, 4.69) is 5.32 Å². The zero-order valence-corrected chi connectivity index (χ0v) is 15.6. The van der Waals surface area contributed by atoms with Crippen molar-refractivity contribution >= 4 is 17.7 Å². The normalized spacial score (nSPS) is 18.8. The van der Waals surface area contributed by atoms with E-state index >= 15 is 0 Å². The average molecular weight is 386 g/mol. The van der Waals surface area contributed by atoms with Crippen molar-refractivity contribution in [3.05, 3.63) is 59.4 Å². The number of ketones is 1. The number of carbonyl (C=O) groups excluding carboxylic acids is 3. The van der Waals surface area contributed by atoms with Gasteiger partial charge in [-0.15, -0.1) is 0 Å². The molecule has 1 fully saturated rings. The molecule has 0 spiro atoms. The fraction of sp³-hybridized carbons (Fsp3) is 0.250. The molecule has 0 bridgehead atoms. The second-order valence-corrected chi connectivity index (χ2v) is 6.45. The number of hydrogen-bond acceptors (Lipinski definition) is 5. The number of methoxy groups -OCH3 is 2. The molecular weight excluding hydrogens is 367 g/mol. The first kappa shape index (κ1) is 19.3. The predicted molar refractivity (Wildman–Crippen MR) is 97.9 cm³/mol. The third-order valence-electron chi connectivity index (χ3n) is 4.70. The summed E-state index contributed by atoms with van der Waals surface area (Å²) in [4.78, 5) is 38.6. The van der Waals surface area contributed by atoms with Crippen molar-refractivity contribution in [2.24, 2.45) is 0 Å². The molecule has 8 heteroatoms. The Morgan fingerprint density at radius 1 is 1.07 bits per heavy atom. The number of hydrogen-bond donors (Lipinski definition) is 1. The highest BCUT2D eigenvalue weighted by Crippen LogP contribution is 2.35. The fourth-order valence-corrected chi connectivity index (χ4v) is 3.05. The lowest BCUT2D eigenvalue weighted by Crippen LogP contribution is -2.41. The molecule has 0 aliphatic carbocycles. The molecule has 1 heterocycles. The van der Waals surface area contributed by atoms with Gasteiger partial charge in [0, 0.05) is 5.56 Å². The summed E-state index contributed by atoms with van der Waals surface area (Å²) in [6, 6.07) is 9.10. The first-order valence-electron chi connectivity index (χ1n) is 8.45. The summed E-state index contributed by atoms with van der Waals surface area (Å²) in [6.45, 7) is 1.11. The number of ether oxygens (including phenoxy) is 2. The van der Waals surface area contributed by atoms with E-state index in [0.717, 1.165) is 17.0 Å². The maximum Gasteiger partial charge on any atom is 0.325 e. The maximum atomic E-state index is 13.0. The molecule has 0 unspecified atom stereocenters. The molecule has 1 aliphatic rings. The summed E-state index contributed by atoms with van der Waals surface area (Å²) >= 11 is 0. The third kappa shape index (κ3) is 3.28. The van der Waals surface area contributed by atoms with E-state index in [9.17, 15) is 18.8 Å². The molecule has 28 heavy (non-hydrogen) atoms. The van der Waals surface area contributed by atoms with Gasteiger partial charge in [-0.3, -0.25) is 14.5 Å². The van der Waals surface area contributed by atoms with Gasteiger partial charge in [0.1, 0.15) is 11.4 Å². The van der Waals surface area contributed by atoms with E-state index in [1.54, 1.807) is 25.1 Å². The number of Topliss-reactive ketones (excluding diaryl/α,β-unsaturated/α-hetero) is 1. The quantitative estimate of drug-likeness (QED) is 0.609. The van der Waals surface area contributed by atoms with Crippen LogP contribution in [0.25, 0.3) is 0 Å². The number of halogens is 1. The lowest BCUT2D eigenvalue weighted by atomic mass is 9.91. The van der Waals surface area contributed by atoms with Gasteiger partial charge in [-0.25, -0.2) is 9.18 Å². The minimum Gasteiger partial charge on any atom is -0.493 e. The van der Waals surface area contributed by atoms with Crippen molar-refractivity contribution in [3.8, 4) is 11.5 Å². The Balaban J connectivity index is 1.86. The second kappa shape index (κ2) is 7.30. The monoisotopic (exact) mass is 386 g/mol. The van der Waals surface area contributed by atoms with Crippen molar-refractivity contribution in [2.75, 3.05) is 20.8 Å².